The Morgan fingerprint density at radius 3 is 2.73 bits per heavy atom. The lowest BCUT2D eigenvalue weighted by atomic mass is 9.97. The van der Waals surface area contributed by atoms with Gasteiger partial charge in [0.25, 0.3) is 5.91 Å². The summed E-state index contributed by atoms with van der Waals surface area (Å²) in [7, 11) is 1.70. The van der Waals surface area contributed by atoms with Crippen LogP contribution in [-0.2, 0) is 0 Å². The Hall–Kier alpha value is -2.50. The predicted molar refractivity (Wildman–Crippen MR) is 101 cm³/mol. The van der Waals surface area contributed by atoms with Crippen LogP contribution in [0.1, 0.15) is 48.8 Å². The van der Waals surface area contributed by atoms with Crippen molar-refractivity contribution in [3.63, 3.8) is 0 Å². The molecule has 2 aromatic rings. The average molecular weight is 354 g/mol. The van der Waals surface area contributed by atoms with Crippen LogP contribution in [0.3, 0.4) is 0 Å². The Kier molecular flexibility index (Phi) is 4.13. The highest BCUT2D eigenvalue weighted by atomic mass is 16.5. The Bertz CT molecular complexity index is 810. The van der Waals surface area contributed by atoms with Crippen LogP contribution >= 0.6 is 0 Å². The SMILES string of the molecule is COc1ccccc1N1CCN(C(=O)c2cc(C3CC3)[nH]n2)CC1(C)C. The molecule has 4 rings (SSSR count). The van der Waals surface area contributed by atoms with E-state index in [1.54, 1.807) is 7.11 Å². The van der Waals surface area contributed by atoms with E-state index in [-0.39, 0.29) is 11.4 Å². The number of rotatable bonds is 4. The number of methoxy groups -OCH3 is 1. The minimum absolute atomic E-state index is 0.0147. The first-order valence-electron chi connectivity index (χ1n) is 9.25. The molecule has 0 radical (unpaired) electrons. The Morgan fingerprint density at radius 2 is 2.04 bits per heavy atom. The van der Waals surface area contributed by atoms with Gasteiger partial charge in [-0.25, -0.2) is 0 Å². The molecule has 1 saturated heterocycles. The van der Waals surface area contributed by atoms with Crippen LogP contribution in [0.25, 0.3) is 0 Å². The number of benzene rings is 1. The van der Waals surface area contributed by atoms with E-state index in [9.17, 15) is 4.79 Å². The van der Waals surface area contributed by atoms with E-state index in [0.29, 0.717) is 24.7 Å². The van der Waals surface area contributed by atoms with Crippen LogP contribution < -0.4 is 9.64 Å². The average Bonchev–Trinajstić information content (AvgIpc) is 3.37. The van der Waals surface area contributed by atoms with Gasteiger partial charge in [-0.2, -0.15) is 5.10 Å². The second kappa shape index (κ2) is 6.34. The number of carbonyl (C=O) groups excluding carboxylic acids is 1. The molecule has 1 aliphatic heterocycles. The van der Waals surface area contributed by atoms with Gasteiger partial charge in [0.2, 0.25) is 0 Å². The van der Waals surface area contributed by atoms with E-state index in [0.717, 1.165) is 23.7 Å². The second-order valence-corrected chi connectivity index (χ2v) is 7.85. The largest absolute Gasteiger partial charge is 0.495 e. The van der Waals surface area contributed by atoms with Crippen molar-refractivity contribution in [2.45, 2.75) is 38.1 Å². The number of nitrogens with zero attached hydrogens (tertiary/aromatic N) is 3. The maximum atomic E-state index is 12.9. The van der Waals surface area contributed by atoms with E-state index >= 15 is 0 Å². The number of H-pyrrole nitrogens is 1. The smallest absolute Gasteiger partial charge is 0.274 e. The van der Waals surface area contributed by atoms with Gasteiger partial charge < -0.3 is 14.5 Å². The van der Waals surface area contributed by atoms with Gasteiger partial charge in [0, 0.05) is 31.2 Å². The van der Waals surface area contributed by atoms with Crippen LogP contribution in [0.15, 0.2) is 30.3 Å². The number of nitrogens with one attached hydrogen (secondary N) is 1. The molecule has 1 N–H and O–H groups in total. The standard InChI is InChI=1S/C20H26N4O2/c1-20(2)13-23(19(25)16-12-15(21-22-16)14-8-9-14)10-11-24(20)17-6-4-5-7-18(17)26-3/h4-7,12,14H,8-11,13H2,1-3H3,(H,21,22). The Balaban J connectivity index is 1.51. The van der Waals surface area contributed by atoms with Crippen molar-refractivity contribution >= 4 is 11.6 Å². The number of hydrogen-bond donors (Lipinski definition) is 1. The molecular formula is C20H26N4O2. The van der Waals surface area contributed by atoms with Crippen LogP contribution in [0.4, 0.5) is 5.69 Å². The third kappa shape index (κ3) is 3.04. The molecule has 0 atom stereocenters. The van der Waals surface area contributed by atoms with Crippen molar-refractivity contribution in [1.29, 1.82) is 0 Å². The van der Waals surface area contributed by atoms with Gasteiger partial charge in [-0.05, 0) is 44.9 Å². The number of anilines is 1. The number of para-hydroxylation sites is 2. The maximum Gasteiger partial charge on any atom is 0.274 e. The minimum Gasteiger partial charge on any atom is -0.495 e. The molecule has 2 aliphatic rings. The molecule has 6 nitrogen and oxygen atoms in total. The lowest BCUT2D eigenvalue weighted by molar-refractivity contribution is 0.0680. The molecule has 0 bridgehead atoms. The van der Waals surface area contributed by atoms with Crippen LogP contribution in [0.5, 0.6) is 5.75 Å². The molecule has 1 amide bonds. The first-order valence-corrected chi connectivity index (χ1v) is 9.25. The third-order valence-corrected chi connectivity index (χ3v) is 5.40. The van der Waals surface area contributed by atoms with E-state index < -0.39 is 0 Å². The van der Waals surface area contributed by atoms with Crippen molar-refractivity contribution < 1.29 is 9.53 Å². The molecule has 26 heavy (non-hydrogen) atoms. The molecule has 0 spiro atoms. The Morgan fingerprint density at radius 1 is 1.27 bits per heavy atom. The highest BCUT2D eigenvalue weighted by Crippen LogP contribution is 2.39. The zero-order chi connectivity index (χ0) is 18.3. The normalized spacial score (nSPS) is 19.5. The number of piperazine rings is 1. The number of amides is 1. The molecule has 1 aliphatic carbocycles. The van der Waals surface area contributed by atoms with Crippen molar-refractivity contribution in [3.05, 3.63) is 41.7 Å². The van der Waals surface area contributed by atoms with Gasteiger partial charge in [-0.1, -0.05) is 12.1 Å². The van der Waals surface area contributed by atoms with Crippen molar-refractivity contribution in [3.8, 4) is 5.75 Å². The zero-order valence-electron chi connectivity index (χ0n) is 15.7. The predicted octanol–water partition coefficient (Wildman–Crippen LogP) is 3.04. The van der Waals surface area contributed by atoms with E-state index in [1.165, 1.54) is 12.8 Å². The van der Waals surface area contributed by atoms with Crippen LogP contribution in [-0.4, -0.2) is 53.3 Å². The zero-order valence-corrected chi connectivity index (χ0v) is 15.7. The van der Waals surface area contributed by atoms with Gasteiger partial charge in [-0.15, -0.1) is 0 Å². The molecular weight excluding hydrogens is 328 g/mol. The number of carbonyl (C=O) groups is 1. The lowest BCUT2D eigenvalue weighted by Gasteiger charge is -2.48. The third-order valence-electron chi connectivity index (χ3n) is 5.40. The summed E-state index contributed by atoms with van der Waals surface area (Å²) < 4.78 is 5.53. The molecule has 1 saturated carbocycles. The second-order valence-electron chi connectivity index (χ2n) is 7.85. The first-order chi connectivity index (χ1) is 12.5. The first kappa shape index (κ1) is 16.9. The molecule has 6 heteroatoms. The molecule has 138 valence electrons. The lowest BCUT2D eigenvalue weighted by Crippen LogP contribution is -2.60. The summed E-state index contributed by atoms with van der Waals surface area (Å²) in [5.41, 5.74) is 2.51. The van der Waals surface area contributed by atoms with E-state index in [2.05, 4.69) is 35.0 Å². The topological polar surface area (TPSA) is 61.5 Å². The summed E-state index contributed by atoms with van der Waals surface area (Å²) in [6.07, 6.45) is 2.39. The summed E-state index contributed by atoms with van der Waals surface area (Å²) in [5, 5.41) is 7.29. The molecule has 2 heterocycles. The van der Waals surface area contributed by atoms with Crippen LogP contribution in [0, 0.1) is 0 Å². The van der Waals surface area contributed by atoms with Crippen LogP contribution in [0.2, 0.25) is 0 Å². The molecule has 0 unspecified atom stereocenters. The number of aromatic amines is 1. The minimum atomic E-state index is -0.196. The fourth-order valence-electron chi connectivity index (χ4n) is 3.84. The fourth-order valence-corrected chi connectivity index (χ4v) is 3.84. The van der Waals surface area contributed by atoms with E-state index in [4.69, 9.17) is 4.74 Å². The molecule has 1 aromatic carbocycles. The van der Waals surface area contributed by atoms with E-state index in [1.807, 2.05) is 29.2 Å². The summed E-state index contributed by atoms with van der Waals surface area (Å²) in [5.74, 6) is 1.45. The molecule has 2 fully saturated rings. The Labute approximate surface area is 154 Å². The van der Waals surface area contributed by atoms with Gasteiger partial charge in [0.15, 0.2) is 0 Å². The summed E-state index contributed by atoms with van der Waals surface area (Å²) >= 11 is 0. The summed E-state index contributed by atoms with van der Waals surface area (Å²) in [4.78, 5) is 17.2. The number of aromatic nitrogens is 2. The summed E-state index contributed by atoms with van der Waals surface area (Å²) in [6.45, 7) is 6.42. The summed E-state index contributed by atoms with van der Waals surface area (Å²) in [6, 6.07) is 9.98. The van der Waals surface area contributed by atoms with Gasteiger partial charge in [0.1, 0.15) is 11.4 Å². The highest BCUT2D eigenvalue weighted by molar-refractivity contribution is 5.92. The quantitative estimate of drug-likeness (QED) is 0.917. The number of hydrogen-bond acceptors (Lipinski definition) is 4. The van der Waals surface area contributed by atoms with Gasteiger partial charge in [-0.3, -0.25) is 9.89 Å². The van der Waals surface area contributed by atoms with Crippen molar-refractivity contribution in [2.24, 2.45) is 0 Å². The maximum absolute atomic E-state index is 12.9. The highest BCUT2D eigenvalue weighted by Gasteiger charge is 2.38. The fraction of sp³-hybridized carbons (Fsp3) is 0.500. The van der Waals surface area contributed by atoms with Crippen molar-refractivity contribution in [1.82, 2.24) is 15.1 Å². The molecule has 1 aromatic heterocycles. The van der Waals surface area contributed by atoms with Gasteiger partial charge in [0.05, 0.1) is 18.3 Å². The number of ether oxygens (including phenoxy) is 1. The van der Waals surface area contributed by atoms with Gasteiger partial charge >= 0.3 is 0 Å². The monoisotopic (exact) mass is 354 g/mol. The van der Waals surface area contributed by atoms with Crippen molar-refractivity contribution in [2.75, 3.05) is 31.6 Å².